The molecule has 2 amide bonds. The van der Waals surface area contributed by atoms with Gasteiger partial charge in [-0.2, -0.15) is 13.2 Å². The van der Waals surface area contributed by atoms with E-state index >= 15 is 0 Å². The van der Waals surface area contributed by atoms with Crippen LogP contribution in [0.4, 0.5) is 18.9 Å². The Kier molecular flexibility index (Phi) is 3.11. The standard InChI is InChI=1S/C12H10F3NO2/c13-12(14,15)8-3-1-4-9(7-8)16-10(17)5-2-6-11(16)18/h1,3-4,7H,2,5-6H2. The van der Waals surface area contributed by atoms with E-state index in [4.69, 9.17) is 0 Å². The van der Waals surface area contributed by atoms with Gasteiger partial charge in [-0.25, -0.2) is 0 Å². The summed E-state index contributed by atoms with van der Waals surface area (Å²) in [6.07, 6.45) is -3.67. The molecule has 0 spiro atoms. The second-order valence-corrected chi connectivity index (χ2v) is 4.02. The summed E-state index contributed by atoms with van der Waals surface area (Å²) in [5.41, 5.74) is -0.884. The largest absolute Gasteiger partial charge is 0.416 e. The number of piperidine rings is 1. The van der Waals surface area contributed by atoms with E-state index in [1.165, 1.54) is 12.1 Å². The number of rotatable bonds is 1. The lowest BCUT2D eigenvalue weighted by Crippen LogP contribution is -2.40. The number of halogens is 3. The Bertz CT molecular complexity index is 480. The van der Waals surface area contributed by atoms with Crippen molar-refractivity contribution in [2.75, 3.05) is 4.90 Å². The molecule has 0 bridgehead atoms. The fourth-order valence-corrected chi connectivity index (χ4v) is 1.86. The van der Waals surface area contributed by atoms with Crippen LogP contribution >= 0.6 is 0 Å². The van der Waals surface area contributed by atoms with Crippen LogP contribution in [0.3, 0.4) is 0 Å². The molecule has 0 atom stereocenters. The van der Waals surface area contributed by atoms with Gasteiger partial charge in [-0.05, 0) is 24.6 Å². The molecule has 3 nitrogen and oxygen atoms in total. The molecule has 1 aromatic rings. The molecule has 0 unspecified atom stereocenters. The maximum atomic E-state index is 12.5. The summed E-state index contributed by atoms with van der Waals surface area (Å²) in [6.45, 7) is 0. The minimum Gasteiger partial charge on any atom is -0.274 e. The highest BCUT2D eigenvalue weighted by molar-refractivity contribution is 6.16. The zero-order valence-electron chi connectivity index (χ0n) is 9.33. The third-order valence-electron chi connectivity index (χ3n) is 2.71. The number of amides is 2. The Morgan fingerprint density at radius 1 is 1.06 bits per heavy atom. The van der Waals surface area contributed by atoms with Gasteiger partial charge in [-0.3, -0.25) is 14.5 Å². The van der Waals surface area contributed by atoms with Crippen molar-refractivity contribution in [3.05, 3.63) is 29.8 Å². The van der Waals surface area contributed by atoms with Crippen molar-refractivity contribution >= 4 is 17.5 Å². The number of anilines is 1. The van der Waals surface area contributed by atoms with Crippen molar-refractivity contribution in [3.63, 3.8) is 0 Å². The highest BCUT2D eigenvalue weighted by Crippen LogP contribution is 2.32. The first-order valence-electron chi connectivity index (χ1n) is 5.42. The van der Waals surface area contributed by atoms with Gasteiger partial charge < -0.3 is 0 Å². The van der Waals surface area contributed by atoms with Gasteiger partial charge in [-0.15, -0.1) is 0 Å². The van der Waals surface area contributed by atoms with E-state index < -0.39 is 23.6 Å². The first-order chi connectivity index (χ1) is 8.39. The molecule has 0 saturated carbocycles. The van der Waals surface area contributed by atoms with E-state index in [0.29, 0.717) is 6.42 Å². The molecule has 0 aromatic heterocycles. The Morgan fingerprint density at radius 3 is 2.22 bits per heavy atom. The van der Waals surface area contributed by atoms with Gasteiger partial charge in [0.25, 0.3) is 0 Å². The molecule has 1 aliphatic heterocycles. The molecule has 1 aromatic carbocycles. The Balaban J connectivity index is 2.38. The SMILES string of the molecule is O=C1CCCC(=O)N1c1cccc(C(F)(F)F)c1. The number of imide groups is 1. The Morgan fingerprint density at radius 2 is 1.67 bits per heavy atom. The monoisotopic (exact) mass is 257 g/mol. The van der Waals surface area contributed by atoms with E-state index in [1.54, 1.807) is 0 Å². The van der Waals surface area contributed by atoms with Gasteiger partial charge in [0.1, 0.15) is 0 Å². The lowest BCUT2D eigenvalue weighted by Gasteiger charge is -2.25. The predicted octanol–water partition coefficient (Wildman–Crippen LogP) is 2.75. The number of nitrogens with zero attached hydrogens (tertiary/aromatic N) is 1. The molecule has 96 valence electrons. The van der Waals surface area contributed by atoms with Gasteiger partial charge in [-0.1, -0.05) is 6.07 Å². The minimum atomic E-state index is -4.49. The number of carbonyl (C=O) groups excluding carboxylic acids is 2. The van der Waals surface area contributed by atoms with Gasteiger partial charge in [0.15, 0.2) is 0 Å². The summed E-state index contributed by atoms with van der Waals surface area (Å²) in [4.78, 5) is 24.0. The third kappa shape index (κ3) is 2.37. The molecule has 18 heavy (non-hydrogen) atoms. The van der Waals surface area contributed by atoms with Crippen LogP contribution in [0.5, 0.6) is 0 Å². The number of carbonyl (C=O) groups is 2. The van der Waals surface area contributed by atoms with Crippen LogP contribution in [0.1, 0.15) is 24.8 Å². The first kappa shape index (κ1) is 12.6. The molecule has 0 aliphatic carbocycles. The smallest absolute Gasteiger partial charge is 0.274 e. The first-order valence-corrected chi connectivity index (χ1v) is 5.42. The highest BCUT2D eigenvalue weighted by Gasteiger charge is 2.33. The van der Waals surface area contributed by atoms with E-state index in [-0.39, 0.29) is 18.5 Å². The topological polar surface area (TPSA) is 37.4 Å². The van der Waals surface area contributed by atoms with Crippen molar-refractivity contribution in [2.45, 2.75) is 25.4 Å². The lowest BCUT2D eigenvalue weighted by atomic mass is 10.1. The number of benzene rings is 1. The molecule has 2 rings (SSSR count). The van der Waals surface area contributed by atoms with Crippen molar-refractivity contribution in [3.8, 4) is 0 Å². The van der Waals surface area contributed by atoms with Crippen LogP contribution in [-0.2, 0) is 15.8 Å². The highest BCUT2D eigenvalue weighted by atomic mass is 19.4. The molecule has 1 heterocycles. The summed E-state index contributed by atoms with van der Waals surface area (Å²) >= 11 is 0. The van der Waals surface area contributed by atoms with Crippen molar-refractivity contribution in [1.82, 2.24) is 0 Å². The van der Waals surface area contributed by atoms with Crippen LogP contribution in [0, 0.1) is 0 Å². The number of alkyl halides is 3. The van der Waals surface area contributed by atoms with Crippen LogP contribution in [-0.4, -0.2) is 11.8 Å². The average Bonchev–Trinajstić information content (AvgIpc) is 2.28. The average molecular weight is 257 g/mol. The van der Waals surface area contributed by atoms with Gasteiger partial charge >= 0.3 is 6.18 Å². The van der Waals surface area contributed by atoms with Crippen molar-refractivity contribution in [2.24, 2.45) is 0 Å². The zero-order chi connectivity index (χ0) is 13.3. The summed E-state index contributed by atoms with van der Waals surface area (Å²) in [6, 6.07) is 4.24. The van der Waals surface area contributed by atoms with E-state index in [0.717, 1.165) is 17.0 Å². The number of hydrogen-bond acceptors (Lipinski definition) is 2. The van der Waals surface area contributed by atoms with Gasteiger partial charge in [0.05, 0.1) is 11.3 Å². The third-order valence-corrected chi connectivity index (χ3v) is 2.71. The van der Waals surface area contributed by atoms with Gasteiger partial charge in [0, 0.05) is 12.8 Å². The minimum absolute atomic E-state index is 0.0143. The quantitative estimate of drug-likeness (QED) is 0.725. The summed E-state index contributed by atoms with van der Waals surface area (Å²) in [7, 11) is 0. The second kappa shape index (κ2) is 4.44. The number of hydrogen-bond donors (Lipinski definition) is 0. The summed E-state index contributed by atoms with van der Waals surface area (Å²) in [5.74, 6) is -0.906. The van der Waals surface area contributed by atoms with Crippen LogP contribution in [0.2, 0.25) is 0 Å². The van der Waals surface area contributed by atoms with E-state index in [9.17, 15) is 22.8 Å². The lowest BCUT2D eigenvalue weighted by molar-refractivity contribution is -0.138. The molecule has 0 N–H and O–H groups in total. The van der Waals surface area contributed by atoms with Crippen LogP contribution in [0.15, 0.2) is 24.3 Å². The van der Waals surface area contributed by atoms with E-state index in [2.05, 4.69) is 0 Å². The summed E-state index contributed by atoms with van der Waals surface area (Å²) < 4.78 is 37.6. The molecule has 1 saturated heterocycles. The maximum Gasteiger partial charge on any atom is 0.416 e. The molecule has 6 heteroatoms. The Labute approximate surface area is 101 Å². The Hall–Kier alpha value is -1.85. The van der Waals surface area contributed by atoms with Gasteiger partial charge in [0.2, 0.25) is 11.8 Å². The van der Waals surface area contributed by atoms with Crippen molar-refractivity contribution in [1.29, 1.82) is 0 Å². The summed E-state index contributed by atoms with van der Waals surface area (Å²) in [5, 5.41) is 0. The van der Waals surface area contributed by atoms with E-state index in [1.807, 2.05) is 0 Å². The normalized spacial score (nSPS) is 17.2. The second-order valence-electron chi connectivity index (χ2n) is 4.02. The molecular weight excluding hydrogens is 247 g/mol. The molecule has 0 radical (unpaired) electrons. The molecule has 1 fully saturated rings. The maximum absolute atomic E-state index is 12.5. The zero-order valence-corrected chi connectivity index (χ0v) is 9.33. The predicted molar refractivity (Wildman–Crippen MR) is 57.8 cm³/mol. The fraction of sp³-hybridized carbons (Fsp3) is 0.333. The fourth-order valence-electron chi connectivity index (χ4n) is 1.86. The molecular formula is C12H10F3NO2. The van der Waals surface area contributed by atoms with Crippen LogP contribution < -0.4 is 4.90 Å². The van der Waals surface area contributed by atoms with Crippen LogP contribution in [0.25, 0.3) is 0 Å². The van der Waals surface area contributed by atoms with Crippen molar-refractivity contribution < 1.29 is 22.8 Å². The molecule has 1 aliphatic rings.